The maximum Gasteiger partial charge on any atom is 0.166 e. The van der Waals surface area contributed by atoms with Gasteiger partial charge in [0.1, 0.15) is 0 Å². The second kappa shape index (κ2) is 5.21. The quantitative estimate of drug-likeness (QED) is 0.858. The third-order valence-electron chi connectivity index (χ3n) is 3.19. The van der Waals surface area contributed by atoms with Crippen molar-refractivity contribution in [3.63, 3.8) is 0 Å². The van der Waals surface area contributed by atoms with Crippen molar-refractivity contribution in [2.24, 2.45) is 11.7 Å². The minimum Gasteiger partial charge on any atom is -0.505 e. The molecule has 5 heteroatoms. The van der Waals surface area contributed by atoms with Gasteiger partial charge in [0.2, 0.25) is 0 Å². The summed E-state index contributed by atoms with van der Waals surface area (Å²) in [4.78, 5) is 0. The van der Waals surface area contributed by atoms with E-state index in [1.54, 1.807) is 0 Å². The number of phenols is 1. The number of halogens is 2. The number of phenolic OH excluding ortho intramolecular Hbond substituents is 1. The van der Waals surface area contributed by atoms with Gasteiger partial charge in [0, 0.05) is 29.8 Å². The molecule has 1 fully saturated rings. The summed E-state index contributed by atoms with van der Waals surface area (Å²) in [6, 6.07) is 2.20. The molecular weight excluding hydrogens is 245 g/mol. The number of benzene rings is 1. The Morgan fingerprint density at radius 3 is 2.71 bits per heavy atom. The lowest BCUT2D eigenvalue weighted by molar-refractivity contribution is 0.0580. The van der Waals surface area contributed by atoms with Crippen LogP contribution in [0.1, 0.15) is 24.4 Å². The van der Waals surface area contributed by atoms with E-state index in [4.69, 9.17) is 22.1 Å². The SMILES string of the molecule is N[C@@H](c1cc(Cl)cc(F)c1O)C1CCOCC1. The average molecular weight is 260 g/mol. The number of ether oxygens (including phenoxy) is 1. The molecule has 0 unspecified atom stereocenters. The second-order valence-electron chi connectivity index (χ2n) is 4.30. The Hall–Kier alpha value is -0.840. The summed E-state index contributed by atoms with van der Waals surface area (Å²) in [6.45, 7) is 1.31. The molecule has 0 bridgehead atoms. The molecule has 17 heavy (non-hydrogen) atoms. The second-order valence-corrected chi connectivity index (χ2v) is 4.74. The van der Waals surface area contributed by atoms with Gasteiger partial charge in [-0.2, -0.15) is 0 Å². The van der Waals surface area contributed by atoms with Crippen molar-refractivity contribution in [1.82, 2.24) is 0 Å². The average Bonchev–Trinajstić information content (AvgIpc) is 2.34. The molecule has 0 aliphatic carbocycles. The zero-order valence-corrected chi connectivity index (χ0v) is 10.1. The van der Waals surface area contributed by atoms with Gasteiger partial charge in [-0.3, -0.25) is 0 Å². The molecule has 0 saturated carbocycles. The fourth-order valence-corrected chi connectivity index (χ4v) is 2.38. The van der Waals surface area contributed by atoms with E-state index >= 15 is 0 Å². The van der Waals surface area contributed by atoms with Gasteiger partial charge in [0.05, 0.1) is 0 Å². The number of nitrogens with two attached hydrogens (primary N) is 1. The minimum absolute atomic E-state index is 0.188. The fourth-order valence-electron chi connectivity index (χ4n) is 2.17. The number of rotatable bonds is 2. The number of aromatic hydroxyl groups is 1. The Bertz CT molecular complexity index is 408. The smallest absolute Gasteiger partial charge is 0.166 e. The first-order chi connectivity index (χ1) is 8.09. The van der Waals surface area contributed by atoms with Crippen LogP contribution in [0.5, 0.6) is 5.75 Å². The summed E-state index contributed by atoms with van der Waals surface area (Å²) < 4.78 is 18.6. The Morgan fingerprint density at radius 1 is 1.41 bits per heavy atom. The predicted octanol–water partition coefficient (Wildman–Crippen LogP) is 2.61. The van der Waals surface area contributed by atoms with E-state index in [0.29, 0.717) is 18.8 Å². The van der Waals surface area contributed by atoms with Crippen molar-refractivity contribution >= 4 is 11.6 Å². The Labute approximate surface area is 104 Å². The molecule has 0 radical (unpaired) electrons. The molecule has 0 amide bonds. The van der Waals surface area contributed by atoms with Crippen molar-refractivity contribution in [3.05, 3.63) is 28.5 Å². The van der Waals surface area contributed by atoms with E-state index in [1.165, 1.54) is 6.07 Å². The Balaban J connectivity index is 2.26. The third kappa shape index (κ3) is 2.70. The van der Waals surface area contributed by atoms with Crippen LogP contribution in [0.15, 0.2) is 12.1 Å². The first-order valence-corrected chi connectivity index (χ1v) is 5.98. The molecule has 1 aliphatic rings. The highest BCUT2D eigenvalue weighted by molar-refractivity contribution is 6.30. The van der Waals surface area contributed by atoms with E-state index < -0.39 is 17.6 Å². The normalized spacial score (nSPS) is 19.2. The highest BCUT2D eigenvalue weighted by Crippen LogP contribution is 2.35. The van der Waals surface area contributed by atoms with Crippen LogP contribution in [0.3, 0.4) is 0 Å². The van der Waals surface area contributed by atoms with E-state index in [2.05, 4.69) is 0 Å². The van der Waals surface area contributed by atoms with Crippen LogP contribution in [0, 0.1) is 11.7 Å². The van der Waals surface area contributed by atoms with Crippen LogP contribution >= 0.6 is 11.6 Å². The topological polar surface area (TPSA) is 55.5 Å². The summed E-state index contributed by atoms with van der Waals surface area (Å²) >= 11 is 5.77. The van der Waals surface area contributed by atoms with Crippen LogP contribution in [-0.4, -0.2) is 18.3 Å². The molecule has 94 valence electrons. The maximum atomic E-state index is 13.4. The van der Waals surface area contributed by atoms with Crippen molar-refractivity contribution in [2.45, 2.75) is 18.9 Å². The molecule has 0 aromatic heterocycles. The van der Waals surface area contributed by atoms with Gasteiger partial charge in [0.25, 0.3) is 0 Å². The zero-order chi connectivity index (χ0) is 12.4. The lowest BCUT2D eigenvalue weighted by Crippen LogP contribution is -2.27. The van der Waals surface area contributed by atoms with E-state index in [1.807, 2.05) is 0 Å². The van der Waals surface area contributed by atoms with Crippen LogP contribution in [0.25, 0.3) is 0 Å². The molecule has 1 aliphatic heterocycles. The third-order valence-corrected chi connectivity index (χ3v) is 3.41. The van der Waals surface area contributed by atoms with E-state index in [9.17, 15) is 9.50 Å². The monoisotopic (exact) mass is 259 g/mol. The lowest BCUT2D eigenvalue weighted by atomic mass is 9.87. The Kier molecular flexibility index (Phi) is 3.86. The standard InChI is InChI=1S/C12H15ClFNO2/c13-8-5-9(12(16)10(14)6-8)11(15)7-1-3-17-4-2-7/h5-7,11,16H,1-4,15H2/t11-/m1/s1. The zero-order valence-electron chi connectivity index (χ0n) is 9.33. The maximum absolute atomic E-state index is 13.4. The summed E-state index contributed by atoms with van der Waals surface area (Å²) in [7, 11) is 0. The molecule has 0 spiro atoms. The predicted molar refractivity (Wildman–Crippen MR) is 63.5 cm³/mol. The summed E-state index contributed by atoms with van der Waals surface area (Å²) in [5.41, 5.74) is 6.44. The molecule has 1 aromatic rings. The van der Waals surface area contributed by atoms with E-state index in [0.717, 1.165) is 18.9 Å². The fraction of sp³-hybridized carbons (Fsp3) is 0.500. The van der Waals surface area contributed by atoms with Crippen molar-refractivity contribution in [3.8, 4) is 5.75 Å². The van der Waals surface area contributed by atoms with Crippen molar-refractivity contribution in [1.29, 1.82) is 0 Å². The molecule has 1 heterocycles. The van der Waals surface area contributed by atoms with Gasteiger partial charge in [-0.1, -0.05) is 11.6 Å². The molecule has 1 atom stereocenters. The first-order valence-electron chi connectivity index (χ1n) is 5.61. The molecule has 1 aromatic carbocycles. The van der Waals surface area contributed by atoms with Crippen LogP contribution in [0.2, 0.25) is 5.02 Å². The molecule has 2 rings (SSSR count). The largest absolute Gasteiger partial charge is 0.505 e. The van der Waals surface area contributed by atoms with Crippen LogP contribution in [0.4, 0.5) is 4.39 Å². The molecule has 1 saturated heterocycles. The summed E-state index contributed by atoms with van der Waals surface area (Å²) in [5.74, 6) is -0.934. The summed E-state index contributed by atoms with van der Waals surface area (Å²) in [5, 5.41) is 9.93. The van der Waals surface area contributed by atoms with Gasteiger partial charge >= 0.3 is 0 Å². The highest BCUT2D eigenvalue weighted by atomic mass is 35.5. The lowest BCUT2D eigenvalue weighted by Gasteiger charge is -2.28. The van der Waals surface area contributed by atoms with Crippen molar-refractivity contribution in [2.75, 3.05) is 13.2 Å². The van der Waals surface area contributed by atoms with Gasteiger partial charge in [-0.25, -0.2) is 4.39 Å². The molecule has 3 N–H and O–H groups in total. The van der Waals surface area contributed by atoms with Gasteiger partial charge in [-0.05, 0) is 30.9 Å². The molecular formula is C12H15ClFNO2. The van der Waals surface area contributed by atoms with Gasteiger partial charge in [0.15, 0.2) is 11.6 Å². The van der Waals surface area contributed by atoms with Crippen LogP contribution in [-0.2, 0) is 4.74 Å². The van der Waals surface area contributed by atoms with Crippen LogP contribution < -0.4 is 5.73 Å². The number of hydrogen-bond acceptors (Lipinski definition) is 3. The molecule has 3 nitrogen and oxygen atoms in total. The minimum atomic E-state index is -0.727. The first kappa shape index (κ1) is 12.6. The van der Waals surface area contributed by atoms with Gasteiger partial charge < -0.3 is 15.6 Å². The number of hydrogen-bond donors (Lipinski definition) is 2. The summed E-state index contributed by atoms with van der Waals surface area (Å²) in [6.07, 6.45) is 1.63. The van der Waals surface area contributed by atoms with Crippen molar-refractivity contribution < 1.29 is 14.2 Å². The highest BCUT2D eigenvalue weighted by Gasteiger charge is 2.25. The van der Waals surface area contributed by atoms with Gasteiger partial charge in [-0.15, -0.1) is 0 Å². The Morgan fingerprint density at radius 2 is 2.06 bits per heavy atom. The van der Waals surface area contributed by atoms with E-state index in [-0.39, 0.29) is 10.9 Å².